The third kappa shape index (κ3) is 1.65. The van der Waals surface area contributed by atoms with Crippen molar-refractivity contribution in [3.05, 3.63) is 53.3 Å². The maximum atomic E-state index is 6.30. The molecule has 1 aromatic carbocycles. The Kier molecular flexibility index (Phi) is 2.55. The van der Waals surface area contributed by atoms with Gasteiger partial charge in [-0.1, -0.05) is 29.8 Å². The summed E-state index contributed by atoms with van der Waals surface area (Å²) in [6.45, 7) is 2.12. The topological polar surface area (TPSA) is 30.2 Å². The maximum absolute atomic E-state index is 6.30. The highest BCUT2D eigenvalue weighted by molar-refractivity contribution is 7.22. The summed E-state index contributed by atoms with van der Waals surface area (Å²) in [5.41, 5.74) is 2.90. The zero-order chi connectivity index (χ0) is 13.7. The van der Waals surface area contributed by atoms with Crippen LogP contribution in [0.1, 0.15) is 5.56 Å². The predicted molar refractivity (Wildman–Crippen MR) is 83.6 cm³/mol. The third-order valence-corrected chi connectivity index (χ3v) is 4.88. The number of thiophene rings is 1. The Morgan fingerprint density at radius 1 is 1.20 bits per heavy atom. The Labute approximate surface area is 124 Å². The van der Waals surface area contributed by atoms with Crippen molar-refractivity contribution in [3.8, 4) is 10.6 Å². The fourth-order valence-corrected chi connectivity index (χ4v) is 3.88. The van der Waals surface area contributed by atoms with Gasteiger partial charge in [0, 0.05) is 10.9 Å². The first-order valence-electron chi connectivity index (χ1n) is 6.23. The summed E-state index contributed by atoms with van der Waals surface area (Å²) < 4.78 is 3.08. The number of hydrogen-bond acceptors (Lipinski definition) is 3. The molecule has 20 heavy (non-hydrogen) atoms. The highest BCUT2D eigenvalue weighted by Gasteiger charge is 2.16. The molecule has 3 heterocycles. The van der Waals surface area contributed by atoms with E-state index < -0.39 is 0 Å². The van der Waals surface area contributed by atoms with Gasteiger partial charge in [-0.15, -0.1) is 11.3 Å². The Bertz CT molecular complexity index is 939. The van der Waals surface area contributed by atoms with Gasteiger partial charge in [0.25, 0.3) is 0 Å². The summed E-state index contributed by atoms with van der Waals surface area (Å²) in [6.07, 6.45) is 1.74. The van der Waals surface area contributed by atoms with Crippen molar-refractivity contribution in [2.45, 2.75) is 6.92 Å². The normalized spacial score (nSPS) is 11.5. The number of fused-ring (bicyclic) bond motifs is 2. The molecule has 0 spiro atoms. The molecule has 0 saturated heterocycles. The molecule has 0 aliphatic rings. The summed E-state index contributed by atoms with van der Waals surface area (Å²) in [5.74, 6) is 0. The van der Waals surface area contributed by atoms with Crippen molar-refractivity contribution in [2.75, 3.05) is 0 Å². The molecule has 0 aliphatic carbocycles. The van der Waals surface area contributed by atoms with Crippen molar-refractivity contribution < 1.29 is 0 Å². The van der Waals surface area contributed by atoms with E-state index in [4.69, 9.17) is 11.6 Å². The molecule has 0 bridgehead atoms. The average molecular weight is 300 g/mol. The molecule has 0 atom stereocenters. The predicted octanol–water partition coefficient (Wildman–Crippen LogP) is 4.57. The smallest absolute Gasteiger partial charge is 0.158 e. The SMILES string of the molecule is Cc1cccc2cc(-c3c(Cl)nc4cccnn34)sc12. The second-order valence-electron chi connectivity index (χ2n) is 4.65. The molecule has 0 fully saturated rings. The van der Waals surface area contributed by atoms with Crippen LogP contribution in [0.3, 0.4) is 0 Å². The molecule has 5 heteroatoms. The monoisotopic (exact) mass is 299 g/mol. The lowest BCUT2D eigenvalue weighted by atomic mass is 10.2. The Morgan fingerprint density at radius 3 is 2.95 bits per heavy atom. The fraction of sp³-hybridized carbons (Fsp3) is 0.0667. The van der Waals surface area contributed by atoms with E-state index in [2.05, 4.69) is 41.3 Å². The minimum Gasteiger partial charge on any atom is -0.215 e. The number of halogens is 1. The lowest BCUT2D eigenvalue weighted by molar-refractivity contribution is 0.945. The first-order chi connectivity index (χ1) is 9.74. The number of imidazole rings is 1. The van der Waals surface area contributed by atoms with Crippen LogP contribution in [0, 0.1) is 6.92 Å². The first kappa shape index (κ1) is 11.9. The zero-order valence-electron chi connectivity index (χ0n) is 10.7. The van der Waals surface area contributed by atoms with Crippen LogP contribution < -0.4 is 0 Å². The van der Waals surface area contributed by atoms with Gasteiger partial charge in [0.1, 0.15) is 5.69 Å². The van der Waals surface area contributed by atoms with E-state index >= 15 is 0 Å². The Morgan fingerprint density at radius 2 is 2.10 bits per heavy atom. The van der Waals surface area contributed by atoms with Gasteiger partial charge in [-0.25, -0.2) is 9.50 Å². The van der Waals surface area contributed by atoms with Crippen LogP contribution in [0.25, 0.3) is 26.3 Å². The number of aryl methyl sites for hydroxylation is 1. The third-order valence-electron chi connectivity index (χ3n) is 3.32. The van der Waals surface area contributed by atoms with Crippen LogP contribution in [0.2, 0.25) is 5.15 Å². The van der Waals surface area contributed by atoms with Crippen LogP contribution in [-0.2, 0) is 0 Å². The molecule has 98 valence electrons. The Balaban J connectivity index is 2.06. The van der Waals surface area contributed by atoms with Crippen molar-refractivity contribution in [1.29, 1.82) is 0 Å². The number of nitrogens with zero attached hydrogens (tertiary/aromatic N) is 3. The highest BCUT2D eigenvalue weighted by Crippen LogP contribution is 2.38. The quantitative estimate of drug-likeness (QED) is 0.515. The molecule has 0 saturated carbocycles. The molecule has 0 aliphatic heterocycles. The van der Waals surface area contributed by atoms with E-state index in [1.165, 1.54) is 15.6 Å². The Hall–Kier alpha value is -1.91. The van der Waals surface area contributed by atoms with Gasteiger partial charge in [-0.05, 0) is 36.1 Å². The summed E-state index contributed by atoms with van der Waals surface area (Å²) >= 11 is 8.03. The summed E-state index contributed by atoms with van der Waals surface area (Å²) in [7, 11) is 0. The number of rotatable bonds is 1. The molecular weight excluding hydrogens is 290 g/mol. The minimum absolute atomic E-state index is 0.493. The van der Waals surface area contributed by atoms with Gasteiger partial charge in [0.05, 0.1) is 4.88 Å². The summed E-state index contributed by atoms with van der Waals surface area (Å²) in [5, 5.41) is 6.07. The number of benzene rings is 1. The van der Waals surface area contributed by atoms with Gasteiger partial charge in [-0.3, -0.25) is 0 Å². The average Bonchev–Trinajstić information content (AvgIpc) is 2.99. The van der Waals surface area contributed by atoms with Gasteiger partial charge < -0.3 is 0 Å². The minimum atomic E-state index is 0.493. The lowest BCUT2D eigenvalue weighted by Crippen LogP contribution is -1.91. The first-order valence-corrected chi connectivity index (χ1v) is 7.42. The van der Waals surface area contributed by atoms with Crippen LogP contribution in [0.5, 0.6) is 0 Å². The fourth-order valence-electron chi connectivity index (χ4n) is 2.39. The van der Waals surface area contributed by atoms with Gasteiger partial charge in [-0.2, -0.15) is 5.10 Å². The highest BCUT2D eigenvalue weighted by atomic mass is 35.5. The molecular formula is C15H10ClN3S. The van der Waals surface area contributed by atoms with Crippen LogP contribution in [-0.4, -0.2) is 14.6 Å². The molecule has 0 unspecified atom stereocenters. The molecule has 0 radical (unpaired) electrons. The van der Waals surface area contributed by atoms with E-state index in [1.54, 1.807) is 22.0 Å². The molecule has 3 aromatic heterocycles. The molecule has 4 aromatic rings. The molecule has 0 amide bonds. The maximum Gasteiger partial charge on any atom is 0.158 e. The van der Waals surface area contributed by atoms with Gasteiger partial charge in [0.15, 0.2) is 10.8 Å². The lowest BCUT2D eigenvalue weighted by Gasteiger charge is -1.96. The van der Waals surface area contributed by atoms with Crippen LogP contribution in [0.15, 0.2) is 42.6 Å². The van der Waals surface area contributed by atoms with E-state index in [0.29, 0.717) is 5.15 Å². The standard InChI is InChI=1S/C15H10ClN3S/c1-9-4-2-5-10-8-11(20-14(9)10)13-15(16)18-12-6-3-7-17-19(12)13/h2-8H,1H3. The second kappa shape index (κ2) is 4.30. The number of hydrogen-bond donors (Lipinski definition) is 0. The summed E-state index contributed by atoms with van der Waals surface area (Å²) in [4.78, 5) is 5.44. The van der Waals surface area contributed by atoms with Gasteiger partial charge >= 0.3 is 0 Å². The van der Waals surface area contributed by atoms with Crippen molar-refractivity contribution >= 4 is 38.7 Å². The molecule has 0 N–H and O–H groups in total. The molecule has 3 nitrogen and oxygen atoms in total. The van der Waals surface area contributed by atoms with E-state index in [9.17, 15) is 0 Å². The van der Waals surface area contributed by atoms with Crippen molar-refractivity contribution in [3.63, 3.8) is 0 Å². The van der Waals surface area contributed by atoms with Crippen molar-refractivity contribution in [2.24, 2.45) is 0 Å². The summed E-state index contributed by atoms with van der Waals surface area (Å²) in [6, 6.07) is 12.2. The van der Waals surface area contributed by atoms with Crippen molar-refractivity contribution in [1.82, 2.24) is 14.6 Å². The largest absolute Gasteiger partial charge is 0.215 e. The van der Waals surface area contributed by atoms with Crippen LogP contribution in [0.4, 0.5) is 0 Å². The van der Waals surface area contributed by atoms with E-state index in [0.717, 1.165) is 16.2 Å². The zero-order valence-corrected chi connectivity index (χ0v) is 12.2. The van der Waals surface area contributed by atoms with E-state index in [1.807, 2.05) is 12.1 Å². The van der Waals surface area contributed by atoms with Gasteiger partial charge in [0.2, 0.25) is 0 Å². The van der Waals surface area contributed by atoms with Crippen LogP contribution >= 0.6 is 22.9 Å². The number of aromatic nitrogens is 3. The van der Waals surface area contributed by atoms with E-state index in [-0.39, 0.29) is 0 Å². The molecule has 4 rings (SSSR count). The second-order valence-corrected chi connectivity index (χ2v) is 6.06.